The first kappa shape index (κ1) is 27.9. The number of ether oxygens (including phenoxy) is 2. The topological polar surface area (TPSA) is 124 Å². The molecule has 1 amide bonds. The van der Waals surface area contributed by atoms with E-state index in [1.165, 1.54) is 54.4 Å². The lowest BCUT2D eigenvalue weighted by Gasteiger charge is -2.17. The number of nitrogens with zero attached hydrogens (tertiary/aromatic N) is 3. The molecule has 0 aliphatic carbocycles. The van der Waals surface area contributed by atoms with Crippen LogP contribution in [0, 0.1) is 0 Å². The maximum Gasteiger partial charge on any atom is 0.337 e. The molecule has 0 radical (unpaired) electrons. The van der Waals surface area contributed by atoms with Crippen LogP contribution in [0.1, 0.15) is 26.3 Å². The maximum absolute atomic E-state index is 13.0. The number of rotatable bonds is 8. The number of hydrogen-bond donors (Lipinski definition) is 0. The summed E-state index contributed by atoms with van der Waals surface area (Å²) in [4.78, 5) is 41.5. The number of esters is 2. The summed E-state index contributed by atoms with van der Waals surface area (Å²) >= 11 is 1.11. The van der Waals surface area contributed by atoms with E-state index in [-0.39, 0.29) is 28.3 Å². The van der Waals surface area contributed by atoms with Crippen LogP contribution in [0.2, 0.25) is 0 Å². The summed E-state index contributed by atoms with van der Waals surface area (Å²) in [6.45, 7) is -0.00583. The van der Waals surface area contributed by atoms with Crippen molar-refractivity contribution in [3.05, 3.63) is 94.3 Å². The number of fused-ring (bicyclic) bond motifs is 1. The van der Waals surface area contributed by atoms with Gasteiger partial charge >= 0.3 is 11.9 Å². The van der Waals surface area contributed by atoms with Crippen molar-refractivity contribution in [2.45, 2.75) is 18.0 Å². The average molecular weight is 568 g/mol. The summed E-state index contributed by atoms with van der Waals surface area (Å²) in [7, 11) is 0.223. The highest BCUT2D eigenvalue weighted by atomic mass is 32.2. The number of sulfonamides is 1. The van der Waals surface area contributed by atoms with Crippen LogP contribution in [-0.4, -0.2) is 56.4 Å². The average Bonchev–Trinajstić information content (AvgIpc) is 3.28. The van der Waals surface area contributed by atoms with Crippen LogP contribution in [-0.2, 0) is 37.4 Å². The summed E-state index contributed by atoms with van der Waals surface area (Å²) in [6, 6.07) is 19.5. The summed E-state index contributed by atoms with van der Waals surface area (Å²) in [6.07, 6.45) is 0. The zero-order valence-electron chi connectivity index (χ0n) is 21.4. The van der Waals surface area contributed by atoms with Crippen molar-refractivity contribution < 1.29 is 32.3 Å². The molecule has 0 aliphatic heterocycles. The number of methoxy groups -OCH3 is 2. The quantitative estimate of drug-likeness (QED) is 0.300. The van der Waals surface area contributed by atoms with Crippen molar-refractivity contribution in [2.75, 3.05) is 21.3 Å². The first-order valence-electron chi connectivity index (χ1n) is 11.6. The molecule has 1 aromatic heterocycles. The molecule has 1 heterocycles. The minimum atomic E-state index is -3.79. The van der Waals surface area contributed by atoms with E-state index >= 15 is 0 Å². The van der Waals surface area contributed by atoms with Gasteiger partial charge in [0.15, 0.2) is 4.80 Å². The predicted octanol–water partition coefficient (Wildman–Crippen LogP) is 3.22. The summed E-state index contributed by atoms with van der Waals surface area (Å²) in [5.41, 5.74) is 1.89. The van der Waals surface area contributed by atoms with Crippen molar-refractivity contribution in [3.63, 3.8) is 0 Å². The standard InChI is InChI=1S/C27H25N3O7S2/c1-29(16-18-7-5-4-6-8-18)39(34,35)21-12-9-19(10-13-21)25(32)28-27-30(17-24(31)36-2)22-14-11-20(26(33)37-3)15-23(22)38-27/h4-15H,16-17H2,1-3H3. The van der Waals surface area contributed by atoms with Crippen LogP contribution >= 0.6 is 11.3 Å². The fourth-order valence-electron chi connectivity index (χ4n) is 3.78. The largest absolute Gasteiger partial charge is 0.468 e. The molecule has 0 N–H and O–H groups in total. The molecule has 0 spiro atoms. The predicted molar refractivity (Wildman–Crippen MR) is 145 cm³/mol. The van der Waals surface area contributed by atoms with Crippen molar-refractivity contribution >= 4 is 49.4 Å². The van der Waals surface area contributed by atoms with Crippen LogP contribution < -0.4 is 4.80 Å². The Morgan fingerprint density at radius 2 is 1.59 bits per heavy atom. The zero-order valence-corrected chi connectivity index (χ0v) is 23.0. The molecular weight excluding hydrogens is 542 g/mol. The van der Waals surface area contributed by atoms with Crippen LogP contribution in [0.25, 0.3) is 10.2 Å². The molecule has 12 heteroatoms. The molecule has 0 atom stereocenters. The molecule has 0 fully saturated rings. The van der Waals surface area contributed by atoms with Crippen molar-refractivity contribution in [1.29, 1.82) is 0 Å². The third-order valence-corrected chi connectivity index (χ3v) is 8.73. The van der Waals surface area contributed by atoms with E-state index in [1.54, 1.807) is 18.2 Å². The highest BCUT2D eigenvalue weighted by molar-refractivity contribution is 7.89. The Labute approximate surface area is 228 Å². The fraction of sp³-hybridized carbons (Fsp3) is 0.185. The lowest BCUT2D eigenvalue weighted by molar-refractivity contribution is -0.141. The maximum atomic E-state index is 13.0. The van der Waals surface area contributed by atoms with Crippen molar-refractivity contribution in [2.24, 2.45) is 4.99 Å². The van der Waals surface area contributed by atoms with Gasteiger partial charge in [-0.2, -0.15) is 9.30 Å². The highest BCUT2D eigenvalue weighted by Gasteiger charge is 2.21. The number of hydrogen-bond acceptors (Lipinski definition) is 8. The van der Waals surface area contributed by atoms with Crippen LogP contribution in [0.5, 0.6) is 0 Å². The van der Waals surface area contributed by atoms with Gasteiger partial charge < -0.3 is 14.0 Å². The highest BCUT2D eigenvalue weighted by Crippen LogP contribution is 2.21. The van der Waals surface area contributed by atoms with E-state index in [0.29, 0.717) is 15.8 Å². The Morgan fingerprint density at radius 1 is 0.923 bits per heavy atom. The molecule has 0 saturated heterocycles. The van der Waals surface area contributed by atoms with Crippen LogP contribution in [0.15, 0.2) is 82.7 Å². The number of amides is 1. The zero-order chi connectivity index (χ0) is 28.2. The van der Waals surface area contributed by atoms with Gasteiger partial charge in [0, 0.05) is 19.2 Å². The van der Waals surface area contributed by atoms with Gasteiger partial charge in [-0.3, -0.25) is 9.59 Å². The van der Waals surface area contributed by atoms with Gasteiger partial charge in [-0.05, 0) is 48.0 Å². The van der Waals surface area contributed by atoms with Gasteiger partial charge in [0.1, 0.15) is 6.54 Å². The number of benzene rings is 3. The molecule has 0 unspecified atom stereocenters. The fourth-order valence-corrected chi connectivity index (χ4v) is 6.00. The van der Waals surface area contributed by atoms with Gasteiger partial charge in [0.05, 0.1) is 34.9 Å². The first-order valence-corrected chi connectivity index (χ1v) is 13.9. The minimum Gasteiger partial charge on any atom is -0.468 e. The third kappa shape index (κ3) is 6.14. The Hall–Kier alpha value is -4.13. The molecule has 4 rings (SSSR count). The monoisotopic (exact) mass is 567 g/mol. The molecule has 0 bridgehead atoms. The second-order valence-electron chi connectivity index (χ2n) is 8.41. The van der Waals surface area contributed by atoms with Gasteiger partial charge in [0.2, 0.25) is 10.0 Å². The number of carbonyl (C=O) groups excluding carboxylic acids is 3. The van der Waals surface area contributed by atoms with E-state index in [9.17, 15) is 22.8 Å². The minimum absolute atomic E-state index is 0.0374. The summed E-state index contributed by atoms with van der Waals surface area (Å²) in [5.74, 6) is -1.70. The Morgan fingerprint density at radius 3 is 2.23 bits per heavy atom. The van der Waals surface area contributed by atoms with Gasteiger partial charge in [-0.25, -0.2) is 13.2 Å². The number of aromatic nitrogens is 1. The summed E-state index contributed by atoms with van der Waals surface area (Å²) < 4.78 is 38.9. The lowest BCUT2D eigenvalue weighted by atomic mass is 10.2. The molecule has 10 nitrogen and oxygen atoms in total. The second-order valence-corrected chi connectivity index (χ2v) is 11.5. The van der Waals surface area contributed by atoms with Crippen LogP contribution in [0.4, 0.5) is 0 Å². The molecule has 39 heavy (non-hydrogen) atoms. The summed E-state index contributed by atoms with van der Waals surface area (Å²) in [5, 5.41) is 0. The van der Waals surface area contributed by atoms with Crippen molar-refractivity contribution in [1.82, 2.24) is 8.87 Å². The second kappa shape index (κ2) is 11.7. The smallest absolute Gasteiger partial charge is 0.337 e. The number of thiazole rings is 1. The van der Waals surface area contributed by atoms with Gasteiger partial charge in [-0.1, -0.05) is 41.7 Å². The van der Waals surface area contributed by atoms with Crippen LogP contribution in [0.3, 0.4) is 0 Å². The van der Waals surface area contributed by atoms with E-state index in [1.807, 2.05) is 30.3 Å². The SMILES string of the molecule is COC(=O)Cn1c(=NC(=O)c2ccc(S(=O)(=O)N(C)Cc3ccccc3)cc2)sc2cc(C(=O)OC)ccc21. The molecule has 0 saturated carbocycles. The molecule has 0 aliphatic rings. The van der Waals surface area contributed by atoms with E-state index in [2.05, 4.69) is 4.99 Å². The molecule has 202 valence electrons. The third-order valence-electron chi connectivity index (χ3n) is 5.87. The van der Waals surface area contributed by atoms with Gasteiger partial charge in [-0.15, -0.1) is 0 Å². The Balaban J connectivity index is 1.65. The Bertz CT molecular complexity index is 1710. The molecule has 3 aromatic carbocycles. The molecule has 4 aromatic rings. The van der Waals surface area contributed by atoms with E-state index in [0.717, 1.165) is 16.9 Å². The van der Waals surface area contributed by atoms with E-state index < -0.39 is 27.9 Å². The molecular formula is C27H25N3O7S2. The Kier molecular flexibility index (Phi) is 8.38. The van der Waals surface area contributed by atoms with Crippen molar-refractivity contribution in [3.8, 4) is 0 Å². The van der Waals surface area contributed by atoms with Gasteiger partial charge in [0.25, 0.3) is 5.91 Å². The normalized spacial score (nSPS) is 12.1. The lowest BCUT2D eigenvalue weighted by Crippen LogP contribution is -2.26. The number of carbonyl (C=O) groups is 3. The van der Waals surface area contributed by atoms with E-state index in [4.69, 9.17) is 9.47 Å². The first-order chi connectivity index (χ1) is 18.6.